The van der Waals surface area contributed by atoms with Crippen LogP contribution in [0.5, 0.6) is 0 Å². The van der Waals surface area contributed by atoms with Crippen molar-refractivity contribution in [3.05, 3.63) is 105 Å². The molecule has 0 aliphatic carbocycles. The molecule has 0 saturated heterocycles. The van der Waals surface area contributed by atoms with Crippen LogP contribution in [-0.4, -0.2) is 34.0 Å². The van der Waals surface area contributed by atoms with Gasteiger partial charge in [0.1, 0.15) is 6.04 Å². The molecule has 0 heterocycles. The van der Waals surface area contributed by atoms with Crippen molar-refractivity contribution in [2.24, 2.45) is 0 Å². The van der Waals surface area contributed by atoms with Gasteiger partial charge in [-0.2, -0.15) is 0 Å². The van der Waals surface area contributed by atoms with Gasteiger partial charge in [-0.1, -0.05) is 89.4 Å². The van der Waals surface area contributed by atoms with Gasteiger partial charge < -0.3 is 10.2 Å². The first-order chi connectivity index (χ1) is 17.5. The van der Waals surface area contributed by atoms with Gasteiger partial charge in [0.2, 0.25) is 11.8 Å². The van der Waals surface area contributed by atoms with Crippen molar-refractivity contribution in [3.63, 3.8) is 0 Å². The van der Waals surface area contributed by atoms with Crippen LogP contribution < -0.4 is 5.32 Å². The number of aryl methyl sites for hydroxylation is 1. The number of halogens is 2. The third-order valence-corrected chi connectivity index (χ3v) is 7.45. The first-order valence-electron chi connectivity index (χ1n) is 12.2. The zero-order chi connectivity index (χ0) is 27.0. The number of nitrogens with one attached hydrogen (secondary N) is 1. The third-order valence-electron chi connectivity index (χ3n) is 5.72. The summed E-state index contributed by atoms with van der Waals surface area (Å²) < 4.78 is 0. The van der Waals surface area contributed by atoms with Gasteiger partial charge in [-0.25, -0.2) is 0 Å². The molecule has 1 N–H and O–H groups in total. The Morgan fingerprint density at radius 2 is 1.54 bits per heavy atom. The summed E-state index contributed by atoms with van der Waals surface area (Å²) >= 11 is 13.7. The van der Waals surface area contributed by atoms with Gasteiger partial charge >= 0.3 is 0 Å². The fourth-order valence-corrected chi connectivity index (χ4v) is 5.04. The molecule has 3 rings (SSSR count). The zero-order valence-electron chi connectivity index (χ0n) is 21.8. The molecule has 196 valence electrons. The molecule has 0 fully saturated rings. The van der Waals surface area contributed by atoms with Crippen LogP contribution in [0.2, 0.25) is 10.0 Å². The van der Waals surface area contributed by atoms with E-state index in [1.165, 1.54) is 11.8 Å². The highest BCUT2D eigenvalue weighted by Gasteiger charge is 2.32. The van der Waals surface area contributed by atoms with Crippen LogP contribution >= 0.6 is 35.0 Å². The van der Waals surface area contributed by atoms with Gasteiger partial charge in [-0.05, 0) is 56.5 Å². The lowest BCUT2D eigenvalue weighted by molar-refractivity contribution is -0.140. The number of rotatable bonds is 10. The van der Waals surface area contributed by atoms with Gasteiger partial charge in [-0.15, -0.1) is 11.8 Å². The van der Waals surface area contributed by atoms with Gasteiger partial charge in [0.15, 0.2) is 0 Å². The van der Waals surface area contributed by atoms with E-state index >= 15 is 0 Å². The molecule has 0 unspecified atom stereocenters. The minimum Gasteiger partial charge on any atom is -0.350 e. The lowest BCUT2D eigenvalue weighted by Gasteiger charge is -2.34. The average molecular weight is 558 g/mol. The molecule has 1 atom stereocenters. The summed E-state index contributed by atoms with van der Waals surface area (Å²) in [5.41, 5.74) is 3.69. The molecule has 0 aliphatic heterocycles. The number of hydrogen-bond acceptors (Lipinski definition) is 3. The maximum atomic E-state index is 13.7. The maximum absolute atomic E-state index is 13.7. The van der Waals surface area contributed by atoms with Crippen LogP contribution in [0, 0.1) is 6.92 Å². The molecule has 2 amide bonds. The molecular weight excluding hydrogens is 523 g/mol. The molecule has 3 aromatic rings. The van der Waals surface area contributed by atoms with Crippen molar-refractivity contribution in [1.82, 2.24) is 10.2 Å². The zero-order valence-corrected chi connectivity index (χ0v) is 24.1. The number of carbonyl (C=O) groups is 2. The van der Waals surface area contributed by atoms with Crippen LogP contribution in [0.1, 0.15) is 43.0 Å². The van der Waals surface area contributed by atoms with Crippen LogP contribution in [0.4, 0.5) is 0 Å². The first kappa shape index (κ1) is 29.1. The molecule has 0 aliphatic rings. The van der Waals surface area contributed by atoms with E-state index in [4.69, 9.17) is 23.2 Å². The molecular formula is C30H34Cl2N2O2S. The summed E-state index contributed by atoms with van der Waals surface area (Å²) in [6.07, 6.45) is 0.428. The van der Waals surface area contributed by atoms with E-state index < -0.39 is 11.6 Å². The summed E-state index contributed by atoms with van der Waals surface area (Å²) in [4.78, 5) is 29.0. The summed E-state index contributed by atoms with van der Waals surface area (Å²) in [5, 5.41) is 4.09. The Kier molecular flexibility index (Phi) is 10.5. The summed E-state index contributed by atoms with van der Waals surface area (Å²) in [7, 11) is 0. The predicted molar refractivity (Wildman–Crippen MR) is 156 cm³/mol. The van der Waals surface area contributed by atoms with Crippen molar-refractivity contribution in [2.45, 2.75) is 58.0 Å². The second-order valence-corrected chi connectivity index (χ2v) is 12.0. The Morgan fingerprint density at radius 3 is 2.16 bits per heavy atom. The lowest BCUT2D eigenvalue weighted by atomic mass is 10.0. The largest absolute Gasteiger partial charge is 0.350 e. The minimum atomic E-state index is -0.652. The van der Waals surface area contributed by atoms with Gasteiger partial charge in [0.05, 0.1) is 15.8 Å². The molecule has 7 heteroatoms. The monoisotopic (exact) mass is 556 g/mol. The normalized spacial score (nSPS) is 12.2. The smallest absolute Gasteiger partial charge is 0.243 e. The summed E-state index contributed by atoms with van der Waals surface area (Å²) in [6, 6.07) is 22.7. The van der Waals surface area contributed by atoms with Gasteiger partial charge in [-0.3, -0.25) is 9.59 Å². The van der Waals surface area contributed by atoms with E-state index in [2.05, 4.69) is 5.32 Å². The fraction of sp³-hybridized carbons (Fsp3) is 0.333. The van der Waals surface area contributed by atoms with Crippen LogP contribution in [0.25, 0.3) is 0 Å². The molecule has 0 radical (unpaired) electrons. The van der Waals surface area contributed by atoms with Crippen molar-refractivity contribution < 1.29 is 9.59 Å². The number of benzene rings is 3. The lowest BCUT2D eigenvalue weighted by Crippen LogP contribution is -2.54. The molecule has 37 heavy (non-hydrogen) atoms. The van der Waals surface area contributed by atoms with E-state index in [0.29, 0.717) is 28.8 Å². The Morgan fingerprint density at radius 1 is 0.892 bits per heavy atom. The molecule has 0 aromatic heterocycles. The van der Waals surface area contributed by atoms with E-state index in [1.54, 1.807) is 11.0 Å². The number of amides is 2. The van der Waals surface area contributed by atoms with E-state index in [9.17, 15) is 9.59 Å². The number of thioether (sulfide) groups is 1. The van der Waals surface area contributed by atoms with Crippen LogP contribution in [0.15, 0.2) is 72.8 Å². The number of hydrogen-bond donors (Lipinski definition) is 1. The fourth-order valence-electron chi connectivity index (χ4n) is 3.87. The SMILES string of the molecule is Cc1ccc(CN(C(=O)CSCc2ccc(Cl)c(Cl)c2)[C@H](Cc2ccccc2)C(=O)NC(C)(C)C)cc1. The Bertz CT molecular complexity index is 1190. The number of nitrogens with zero attached hydrogens (tertiary/aromatic N) is 1. The van der Waals surface area contributed by atoms with E-state index in [-0.39, 0.29) is 17.6 Å². The van der Waals surface area contributed by atoms with Crippen LogP contribution in [0.3, 0.4) is 0 Å². The van der Waals surface area contributed by atoms with E-state index in [0.717, 1.165) is 22.3 Å². The molecule has 0 spiro atoms. The summed E-state index contributed by atoms with van der Waals surface area (Å²) in [5.74, 6) is 0.598. The minimum absolute atomic E-state index is 0.0874. The standard InChI is InChI=1S/C30H34Cl2N2O2S/c1-21-10-12-23(13-11-21)18-34(28(35)20-37-19-24-14-15-25(31)26(32)16-24)27(29(36)33-30(2,3)4)17-22-8-6-5-7-9-22/h5-16,27H,17-20H2,1-4H3,(H,33,36)/t27-/m1/s1. The second kappa shape index (κ2) is 13.4. The van der Waals surface area contributed by atoms with Crippen LogP contribution in [-0.2, 0) is 28.3 Å². The van der Waals surface area contributed by atoms with Gasteiger partial charge in [0, 0.05) is 24.3 Å². The third kappa shape index (κ3) is 9.41. The Labute approximate surface area is 234 Å². The highest BCUT2D eigenvalue weighted by molar-refractivity contribution is 7.99. The highest BCUT2D eigenvalue weighted by atomic mass is 35.5. The van der Waals surface area contributed by atoms with Crippen molar-refractivity contribution in [2.75, 3.05) is 5.75 Å². The Hall–Kier alpha value is -2.47. The maximum Gasteiger partial charge on any atom is 0.243 e. The number of carbonyl (C=O) groups excluding carboxylic acids is 2. The average Bonchev–Trinajstić information content (AvgIpc) is 2.84. The second-order valence-electron chi connectivity index (χ2n) is 10.2. The molecule has 3 aromatic carbocycles. The highest BCUT2D eigenvalue weighted by Crippen LogP contribution is 2.25. The molecule has 0 saturated carbocycles. The molecule has 0 bridgehead atoms. The van der Waals surface area contributed by atoms with Crippen molar-refractivity contribution in [3.8, 4) is 0 Å². The van der Waals surface area contributed by atoms with E-state index in [1.807, 2.05) is 94.4 Å². The topological polar surface area (TPSA) is 49.4 Å². The van der Waals surface area contributed by atoms with Gasteiger partial charge in [0.25, 0.3) is 0 Å². The van der Waals surface area contributed by atoms with Crippen molar-refractivity contribution in [1.29, 1.82) is 0 Å². The summed E-state index contributed by atoms with van der Waals surface area (Å²) in [6.45, 7) is 8.22. The molecule has 4 nitrogen and oxygen atoms in total. The predicted octanol–water partition coefficient (Wildman–Crippen LogP) is 7.09. The Balaban J connectivity index is 1.86. The quantitative estimate of drug-likeness (QED) is 0.290. The first-order valence-corrected chi connectivity index (χ1v) is 14.2. The van der Waals surface area contributed by atoms with Crippen molar-refractivity contribution >= 4 is 46.8 Å².